The molecule has 0 fully saturated rings. The van der Waals surface area contributed by atoms with Crippen molar-refractivity contribution in [1.82, 2.24) is 10.6 Å². The third kappa shape index (κ3) is 16.1. The number of aryl methyl sites for hydroxylation is 1. The first-order chi connectivity index (χ1) is 25.4. The fourth-order valence-corrected chi connectivity index (χ4v) is 22.0. The van der Waals surface area contributed by atoms with E-state index >= 15 is 0 Å². The highest BCUT2D eigenvalue weighted by Crippen LogP contribution is 2.31. The van der Waals surface area contributed by atoms with Crippen LogP contribution in [0.2, 0.25) is 44.3 Å². The van der Waals surface area contributed by atoms with Gasteiger partial charge >= 0.3 is 26.4 Å². The summed E-state index contributed by atoms with van der Waals surface area (Å²) in [6, 6.07) is 7.63. The van der Waals surface area contributed by atoms with Crippen LogP contribution in [0.5, 0.6) is 0 Å². The largest absolute Gasteiger partial charge is 0.507 e. The highest BCUT2D eigenvalue weighted by molar-refractivity contribution is 6.82. The topological polar surface area (TPSA) is 107 Å². The molecule has 0 aliphatic carbocycles. The van der Waals surface area contributed by atoms with E-state index in [-0.39, 0.29) is 11.3 Å². The lowest BCUT2D eigenvalue weighted by Crippen LogP contribution is -2.54. The summed E-state index contributed by atoms with van der Waals surface area (Å²) in [4.78, 5) is 0. The van der Waals surface area contributed by atoms with Crippen molar-refractivity contribution >= 4 is 63.9 Å². The van der Waals surface area contributed by atoms with Crippen LogP contribution in [0.1, 0.15) is 78.0 Å². The van der Waals surface area contributed by atoms with Gasteiger partial charge in [0, 0.05) is 78.8 Å². The van der Waals surface area contributed by atoms with E-state index in [0.717, 1.165) is 50.5 Å². The third-order valence-corrected chi connectivity index (χ3v) is 24.8. The minimum atomic E-state index is -2.93. The molecule has 0 aliphatic rings. The van der Waals surface area contributed by atoms with Gasteiger partial charge in [-0.2, -0.15) is 0 Å². The number of nitrogens with one attached hydrogen (secondary N) is 2. The Bertz CT molecular complexity index is 1030. The highest BCUT2D eigenvalue weighted by atomic mass is 28.4. The van der Waals surface area contributed by atoms with Crippen molar-refractivity contribution in [1.29, 1.82) is 0 Å². The van der Waals surface area contributed by atoms with Crippen molar-refractivity contribution in [2.24, 2.45) is 0 Å². The minimum absolute atomic E-state index is 0.0553. The molecule has 11 nitrogen and oxygen atoms in total. The molecule has 2 N–H and O–H groups in total. The summed E-state index contributed by atoms with van der Waals surface area (Å²) in [6.45, 7) is 29.5. The van der Waals surface area contributed by atoms with Crippen LogP contribution < -0.4 is 21.0 Å². The molecule has 312 valence electrons. The molecular formula is C36H80N2O9Si6. The standard InChI is InChI=1S/C36H80N2O9Si6/c1-15-42-51(43-16-2,44-17-3)29-21-26-37-36(38-27-22-30-52(45-18-4,46-19-5)47-20-6)48-28-25-32-23-24-33(49(11)12)35(50(13)14)34(32)31(7)53(39-8,40-9)41-10/h23-24,31,36-38,49-50H,15-22,25-30,48H2,1-14H3. The summed E-state index contributed by atoms with van der Waals surface area (Å²) >= 11 is 0. The van der Waals surface area contributed by atoms with E-state index in [1.54, 1.807) is 31.7 Å². The Morgan fingerprint density at radius 1 is 0.642 bits per heavy atom. The molecule has 53 heavy (non-hydrogen) atoms. The lowest BCUT2D eigenvalue weighted by Gasteiger charge is -2.34. The van der Waals surface area contributed by atoms with E-state index in [1.165, 1.54) is 11.1 Å². The second kappa shape index (κ2) is 27.7. The van der Waals surface area contributed by atoms with Gasteiger partial charge in [0.2, 0.25) is 0 Å². The Balaban J connectivity index is 3.32. The lowest BCUT2D eigenvalue weighted by molar-refractivity contribution is 0.0701. The Labute approximate surface area is 333 Å². The van der Waals surface area contributed by atoms with E-state index in [4.69, 9.17) is 39.8 Å². The van der Waals surface area contributed by atoms with E-state index in [2.05, 4.69) is 55.9 Å². The summed E-state index contributed by atoms with van der Waals surface area (Å²) in [5.74, 6) is 0.271. The van der Waals surface area contributed by atoms with E-state index < -0.39 is 53.5 Å². The molecule has 1 atom stereocenters. The number of benzene rings is 1. The number of hydrogen-bond acceptors (Lipinski definition) is 11. The zero-order chi connectivity index (χ0) is 39.9. The molecule has 0 bridgehead atoms. The molecule has 0 saturated heterocycles. The Morgan fingerprint density at radius 3 is 1.40 bits per heavy atom. The van der Waals surface area contributed by atoms with Gasteiger partial charge in [-0.15, -0.1) is 0 Å². The van der Waals surface area contributed by atoms with E-state index in [1.807, 2.05) is 41.5 Å². The maximum Gasteiger partial charge on any atom is 0.507 e. The second-order valence-electron chi connectivity index (χ2n) is 13.9. The molecule has 17 heteroatoms. The summed E-state index contributed by atoms with van der Waals surface area (Å²) in [5.41, 5.74) is 2.94. The van der Waals surface area contributed by atoms with Crippen LogP contribution in [0.3, 0.4) is 0 Å². The zero-order valence-corrected chi connectivity index (χ0v) is 43.0. The number of rotatable bonds is 33. The minimum Gasteiger partial charge on any atom is -0.376 e. The second-order valence-corrected chi connectivity index (χ2v) is 30.6. The van der Waals surface area contributed by atoms with E-state index in [9.17, 15) is 0 Å². The van der Waals surface area contributed by atoms with Crippen LogP contribution in [0, 0.1) is 0 Å². The molecular weight excluding hydrogens is 773 g/mol. The predicted molar refractivity (Wildman–Crippen MR) is 236 cm³/mol. The molecule has 0 heterocycles. The Morgan fingerprint density at radius 2 is 1.06 bits per heavy atom. The first-order valence-electron chi connectivity index (χ1n) is 20.5. The molecule has 0 aliphatic heterocycles. The van der Waals surface area contributed by atoms with Crippen molar-refractivity contribution in [3.63, 3.8) is 0 Å². The molecule has 0 saturated carbocycles. The van der Waals surface area contributed by atoms with Crippen LogP contribution >= 0.6 is 0 Å². The monoisotopic (exact) mass is 852 g/mol. The first kappa shape index (κ1) is 51.1. The van der Waals surface area contributed by atoms with Crippen molar-refractivity contribution in [2.45, 2.75) is 123 Å². The van der Waals surface area contributed by atoms with E-state index in [0.29, 0.717) is 39.6 Å². The molecule has 1 unspecified atom stereocenters. The van der Waals surface area contributed by atoms with Crippen LogP contribution in [-0.4, -0.2) is 133 Å². The van der Waals surface area contributed by atoms with Gasteiger partial charge in [0.25, 0.3) is 0 Å². The molecule has 0 spiro atoms. The quantitative estimate of drug-likeness (QED) is 0.0608. The Kier molecular flexibility index (Phi) is 26.7. The molecule has 1 aromatic carbocycles. The molecule has 0 radical (unpaired) electrons. The highest BCUT2D eigenvalue weighted by Gasteiger charge is 2.47. The van der Waals surface area contributed by atoms with Gasteiger partial charge in [-0.3, -0.25) is 0 Å². The van der Waals surface area contributed by atoms with Gasteiger partial charge in [-0.25, -0.2) is 0 Å². The van der Waals surface area contributed by atoms with Crippen LogP contribution in [0.25, 0.3) is 0 Å². The normalized spacial score (nSPS) is 13.8. The average molecular weight is 854 g/mol. The van der Waals surface area contributed by atoms with Gasteiger partial charge in [0.05, 0.1) is 32.7 Å². The maximum absolute atomic E-state index is 6.14. The van der Waals surface area contributed by atoms with Gasteiger partial charge in [-0.05, 0) is 85.0 Å². The average Bonchev–Trinajstić information content (AvgIpc) is 3.12. The third-order valence-electron chi connectivity index (χ3n) is 9.65. The van der Waals surface area contributed by atoms with Gasteiger partial charge < -0.3 is 50.5 Å². The van der Waals surface area contributed by atoms with Crippen molar-refractivity contribution in [3.05, 3.63) is 23.3 Å². The van der Waals surface area contributed by atoms with Crippen molar-refractivity contribution in [2.75, 3.05) is 74.1 Å². The SMILES string of the molecule is CCO[Si](CCCNC(NCCC[Si](OCC)(OCC)OCC)[SiH2]CCc1ccc([SiH](C)C)c([SiH](C)C)c1C(C)[Si](OC)(OC)OC)(OCC)OCC. The summed E-state index contributed by atoms with van der Waals surface area (Å²) < 4.78 is 55.1. The maximum atomic E-state index is 6.14. The lowest BCUT2D eigenvalue weighted by atomic mass is 10.0. The Hall–Kier alpha value is 0.0813. The summed E-state index contributed by atoms with van der Waals surface area (Å²) in [5, 5.41) is 11.0. The fraction of sp³-hybridized carbons (Fsp3) is 0.833. The number of hydrogen-bond donors (Lipinski definition) is 2. The van der Waals surface area contributed by atoms with Crippen molar-refractivity contribution < 1.29 is 39.8 Å². The smallest absolute Gasteiger partial charge is 0.376 e. The summed E-state index contributed by atoms with van der Waals surface area (Å²) in [7, 11) is -5.93. The molecule has 1 aromatic rings. The van der Waals surface area contributed by atoms with Gasteiger partial charge in [0.1, 0.15) is 0 Å². The molecule has 0 amide bonds. The molecule has 0 aromatic heterocycles. The van der Waals surface area contributed by atoms with Crippen LogP contribution in [0.15, 0.2) is 12.1 Å². The fourth-order valence-electron chi connectivity index (χ4n) is 7.47. The summed E-state index contributed by atoms with van der Waals surface area (Å²) in [6.07, 6.45) is 2.89. The van der Waals surface area contributed by atoms with Gasteiger partial charge in [-0.1, -0.05) is 61.7 Å². The zero-order valence-electron chi connectivity index (χ0n) is 36.2. The van der Waals surface area contributed by atoms with Crippen LogP contribution in [-0.2, 0) is 46.3 Å². The first-order valence-corrected chi connectivity index (χ1v) is 33.7. The van der Waals surface area contributed by atoms with Crippen LogP contribution in [0.4, 0.5) is 0 Å². The molecule has 1 rings (SSSR count). The predicted octanol–water partition coefficient (Wildman–Crippen LogP) is 4.06. The van der Waals surface area contributed by atoms with Crippen molar-refractivity contribution in [3.8, 4) is 0 Å². The van der Waals surface area contributed by atoms with Gasteiger partial charge in [0.15, 0.2) is 0 Å².